The van der Waals surface area contributed by atoms with E-state index in [-0.39, 0.29) is 6.61 Å². The molecule has 0 bridgehead atoms. The molecule has 64 valence electrons. The molecule has 0 spiro atoms. The molecule has 1 N–H and O–H groups in total. The average Bonchev–Trinajstić information content (AvgIpc) is 2.53. The van der Waals surface area contributed by atoms with E-state index >= 15 is 0 Å². The number of aliphatic hydroxyl groups is 1. The van der Waals surface area contributed by atoms with Gasteiger partial charge in [0.1, 0.15) is 11.3 Å². The third-order valence-corrected chi connectivity index (χ3v) is 2.08. The summed E-state index contributed by atoms with van der Waals surface area (Å²) in [6.45, 7) is -0.0297. The molecule has 1 aromatic heterocycles. The van der Waals surface area contributed by atoms with E-state index in [4.69, 9.17) is 5.11 Å². The summed E-state index contributed by atoms with van der Waals surface area (Å²) in [6.07, 6.45) is 4.76. The molecule has 0 aliphatic carbocycles. The Balaban J connectivity index is 2.57. The third kappa shape index (κ3) is 2.56. The van der Waals surface area contributed by atoms with Crippen LogP contribution in [0.3, 0.4) is 0 Å². The minimum atomic E-state index is -0.0297. The van der Waals surface area contributed by atoms with Crippen molar-refractivity contribution in [3.05, 3.63) is 22.2 Å². The maximum Gasteiger partial charge on any atom is 0.123 e. The van der Waals surface area contributed by atoms with Crippen molar-refractivity contribution >= 4 is 23.7 Å². The first-order chi connectivity index (χ1) is 5.86. The van der Waals surface area contributed by atoms with E-state index in [9.17, 15) is 4.79 Å². The van der Waals surface area contributed by atoms with Crippen LogP contribution < -0.4 is 0 Å². The lowest BCUT2D eigenvalue weighted by Gasteiger charge is -1.82. The molecule has 4 heteroatoms. The molecule has 0 aliphatic rings. The normalized spacial score (nSPS) is 10.8. The highest BCUT2D eigenvalue weighted by Gasteiger charge is 1.95. The molecule has 12 heavy (non-hydrogen) atoms. The zero-order valence-electron chi connectivity index (χ0n) is 6.43. The van der Waals surface area contributed by atoms with Crippen LogP contribution in [0.4, 0.5) is 0 Å². The monoisotopic (exact) mass is 183 g/mol. The summed E-state index contributed by atoms with van der Waals surface area (Å²) in [5, 5.41) is 11.3. The number of aromatic nitrogens is 1. The second kappa shape index (κ2) is 4.79. The quantitative estimate of drug-likeness (QED) is 0.714. The fourth-order valence-electron chi connectivity index (χ4n) is 0.696. The number of rotatable bonds is 4. The summed E-state index contributed by atoms with van der Waals surface area (Å²) in [5.74, 6) is 0. The molecule has 0 unspecified atom stereocenters. The second-order valence-corrected chi connectivity index (χ2v) is 3.03. The molecule has 0 amide bonds. The van der Waals surface area contributed by atoms with Gasteiger partial charge in [0.15, 0.2) is 0 Å². The fourth-order valence-corrected chi connectivity index (χ4v) is 1.42. The van der Waals surface area contributed by atoms with Gasteiger partial charge in [0.05, 0.1) is 12.3 Å². The Bertz CT molecular complexity index is 280. The van der Waals surface area contributed by atoms with Crippen LogP contribution in [-0.2, 0) is 11.4 Å². The van der Waals surface area contributed by atoms with Gasteiger partial charge >= 0.3 is 0 Å². The number of hydrogen-bond acceptors (Lipinski definition) is 4. The van der Waals surface area contributed by atoms with E-state index in [0.717, 1.165) is 11.3 Å². The third-order valence-electron chi connectivity index (χ3n) is 1.22. The smallest absolute Gasteiger partial charge is 0.123 e. The average molecular weight is 183 g/mol. The van der Waals surface area contributed by atoms with E-state index in [1.165, 1.54) is 11.3 Å². The van der Waals surface area contributed by atoms with Gasteiger partial charge in [-0.1, -0.05) is 6.08 Å². The van der Waals surface area contributed by atoms with Crippen molar-refractivity contribution < 1.29 is 9.90 Å². The van der Waals surface area contributed by atoms with Gasteiger partial charge in [0.2, 0.25) is 0 Å². The summed E-state index contributed by atoms with van der Waals surface area (Å²) in [7, 11) is 0. The summed E-state index contributed by atoms with van der Waals surface area (Å²) in [4.78, 5) is 14.0. The van der Waals surface area contributed by atoms with Gasteiger partial charge in [-0.15, -0.1) is 11.3 Å². The lowest BCUT2D eigenvalue weighted by molar-refractivity contribution is -0.107. The molecular formula is C8H9NO2S. The van der Waals surface area contributed by atoms with E-state index in [1.54, 1.807) is 17.5 Å². The molecule has 0 saturated heterocycles. The molecule has 0 aromatic carbocycles. The first kappa shape index (κ1) is 9.09. The molecule has 0 aliphatic heterocycles. The summed E-state index contributed by atoms with van der Waals surface area (Å²) < 4.78 is 0. The van der Waals surface area contributed by atoms with E-state index in [1.807, 2.05) is 0 Å². The number of nitrogens with zero attached hydrogens (tertiary/aromatic N) is 1. The Labute approximate surface area is 74.4 Å². The van der Waals surface area contributed by atoms with Crippen molar-refractivity contribution in [2.24, 2.45) is 0 Å². The minimum Gasteiger partial charge on any atom is -0.390 e. The van der Waals surface area contributed by atoms with Crippen LogP contribution in [0.1, 0.15) is 17.1 Å². The van der Waals surface area contributed by atoms with Gasteiger partial charge in [0.25, 0.3) is 0 Å². The van der Waals surface area contributed by atoms with Crippen molar-refractivity contribution in [2.75, 3.05) is 0 Å². The summed E-state index contributed by atoms with van der Waals surface area (Å²) in [6, 6.07) is 0. The highest BCUT2D eigenvalue weighted by Crippen LogP contribution is 2.11. The first-order valence-electron chi connectivity index (χ1n) is 3.52. The lowest BCUT2D eigenvalue weighted by atomic mass is 10.4. The van der Waals surface area contributed by atoms with Crippen molar-refractivity contribution in [3.8, 4) is 0 Å². The van der Waals surface area contributed by atoms with E-state index in [0.29, 0.717) is 12.1 Å². The molecule has 0 fully saturated rings. The van der Waals surface area contributed by atoms with Gasteiger partial charge in [-0.05, 0) is 6.08 Å². The number of allylic oxidation sites excluding steroid dienone is 1. The molecule has 3 nitrogen and oxygen atoms in total. The second-order valence-electron chi connectivity index (χ2n) is 2.14. The van der Waals surface area contributed by atoms with E-state index in [2.05, 4.69) is 4.98 Å². The predicted molar refractivity (Wildman–Crippen MR) is 47.8 cm³/mol. The predicted octanol–water partition coefficient (Wildman–Crippen LogP) is 1.24. The van der Waals surface area contributed by atoms with Gasteiger partial charge < -0.3 is 9.90 Å². The van der Waals surface area contributed by atoms with Crippen LogP contribution in [0.2, 0.25) is 0 Å². The highest BCUT2D eigenvalue weighted by molar-refractivity contribution is 7.10. The Kier molecular flexibility index (Phi) is 3.63. The molecule has 0 atom stereocenters. The van der Waals surface area contributed by atoms with Crippen LogP contribution in [0.15, 0.2) is 11.5 Å². The van der Waals surface area contributed by atoms with Crippen LogP contribution in [0.5, 0.6) is 0 Å². The number of hydrogen-bond donors (Lipinski definition) is 1. The molecule has 1 heterocycles. The van der Waals surface area contributed by atoms with Gasteiger partial charge in [-0.2, -0.15) is 0 Å². The van der Waals surface area contributed by atoms with Gasteiger partial charge in [-0.3, -0.25) is 0 Å². The Hall–Kier alpha value is -1.00. The zero-order chi connectivity index (χ0) is 8.81. The van der Waals surface area contributed by atoms with Gasteiger partial charge in [0, 0.05) is 11.8 Å². The van der Waals surface area contributed by atoms with Crippen LogP contribution in [0, 0.1) is 0 Å². The standard InChI is InChI=1S/C8H9NO2S/c10-4-2-1-3-8-9-7(5-11)6-12-8/h1,3-4,6,11H,2,5H2. The maximum atomic E-state index is 9.95. The maximum absolute atomic E-state index is 9.95. The van der Waals surface area contributed by atoms with Crippen molar-refractivity contribution in [1.29, 1.82) is 0 Å². The summed E-state index contributed by atoms with van der Waals surface area (Å²) in [5.41, 5.74) is 0.672. The first-order valence-corrected chi connectivity index (χ1v) is 4.40. The number of carbonyl (C=O) groups is 1. The lowest BCUT2D eigenvalue weighted by Crippen LogP contribution is -1.80. The topological polar surface area (TPSA) is 50.2 Å². The number of thiazole rings is 1. The molecular weight excluding hydrogens is 174 g/mol. The Morgan fingerprint density at radius 2 is 2.50 bits per heavy atom. The van der Waals surface area contributed by atoms with Crippen LogP contribution >= 0.6 is 11.3 Å². The number of carbonyl (C=O) groups excluding carboxylic acids is 1. The SMILES string of the molecule is O=CCC=Cc1nc(CO)cs1. The fraction of sp³-hybridized carbons (Fsp3) is 0.250. The molecule has 0 radical (unpaired) electrons. The Morgan fingerprint density at radius 1 is 1.67 bits per heavy atom. The van der Waals surface area contributed by atoms with Gasteiger partial charge in [-0.25, -0.2) is 4.98 Å². The molecule has 1 aromatic rings. The number of aliphatic hydroxyl groups excluding tert-OH is 1. The molecule has 1 rings (SSSR count). The van der Waals surface area contributed by atoms with Crippen LogP contribution in [-0.4, -0.2) is 16.4 Å². The Morgan fingerprint density at radius 3 is 3.08 bits per heavy atom. The zero-order valence-corrected chi connectivity index (χ0v) is 7.25. The van der Waals surface area contributed by atoms with Crippen molar-refractivity contribution in [2.45, 2.75) is 13.0 Å². The van der Waals surface area contributed by atoms with Crippen molar-refractivity contribution in [3.63, 3.8) is 0 Å². The largest absolute Gasteiger partial charge is 0.390 e. The van der Waals surface area contributed by atoms with Crippen LogP contribution in [0.25, 0.3) is 6.08 Å². The summed E-state index contributed by atoms with van der Waals surface area (Å²) >= 11 is 1.45. The minimum absolute atomic E-state index is 0.0297. The molecule has 0 saturated carbocycles. The van der Waals surface area contributed by atoms with Crippen molar-refractivity contribution in [1.82, 2.24) is 4.98 Å². The van der Waals surface area contributed by atoms with E-state index < -0.39 is 0 Å². The number of aldehydes is 1. The highest BCUT2D eigenvalue weighted by atomic mass is 32.1.